The lowest BCUT2D eigenvalue weighted by atomic mass is 9.94. The van der Waals surface area contributed by atoms with E-state index in [4.69, 9.17) is 0 Å². The molecular formula is C17H21NO2. The van der Waals surface area contributed by atoms with Crippen LogP contribution in [0.5, 0.6) is 5.75 Å². The highest BCUT2D eigenvalue weighted by Gasteiger charge is 2.18. The van der Waals surface area contributed by atoms with Gasteiger partial charge in [0.25, 0.3) is 0 Å². The fourth-order valence-corrected chi connectivity index (χ4v) is 2.59. The smallest absolute Gasteiger partial charge is 0.217 e. The van der Waals surface area contributed by atoms with Gasteiger partial charge < -0.3 is 10.4 Å². The van der Waals surface area contributed by atoms with Crippen LogP contribution in [0.1, 0.15) is 44.7 Å². The van der Waals surface area contributed by atoms with Gasteiger partial charge in [0.2, 0.25) is 5.91 Å². The molecule has 0 aromatic heterocycles. The molecule has 0 heterocycles. The lowest BCUT2D eigenvalue weighted by Crippen LogP contribution is -2.26. The zero-order valence-corrected chi connectivity index (χ0v) is 12.0. The lowest BCUT2D eigenvalue weighted by Gasteiger charge is -2.21. The van der Waals surface area contributed by atoms with Crippen LogP contribution in [0.2, 0.25) is 0 Å². The van der Waals surface area contributed by atoms with Crippen LogP contribution in [0.4, 0.5) is 0 Å². The number of phenols is 1. The summed E-state index contributed by atoms with van der Waals surface area (Å²) < 4.78 is 0. The summed E-state index contributed by atoms with van der Waals surface area (Å²) in [5.41, 5.74) is 0.826. The molecule has 106 valence electrons. The van der Waals surface area contributed by atoms with Crippen molar-refractivity contribution in [3.8, 4) is 5.75 Å². The van der Waals surface area contributed by atoms with Gasteiger partial charge in [0.05, 0.1) is 6.04 Å². The van der Waals surface area contributed by atoms with Crippen LogP contribution >= 0.6 is 0 Å². The van der Waals surface area contributed by atoms with E-state index in [1.807, 2.05) is 30.3 Å². The van der Waals surface area contributed by atoms with E-state index >= 15 is 0 Å². The van der Waals surface area contributed by atoms with Gasteiger partial charge in [-0.2, -0.15) is 0 Å². The Hall–Kier alpha value is -2.03. The number of carbonyl (C=O) groups excluding carboxylic acids is 1. The second kappa shape index (κ2) is 6.42. The van der Waals surface area contributed by atoms with Gasteiger partial charge in [0, 0.05) is 12.5 Å². The number of phenolic OH excluding ortho intramolecular Hbond substituents is 1. The van der Waals surface area contributed by atoms with Crippen molar-refractivity contribution < 1.29 is 9.90 Å². The van der Waals surface area contributed by atoms with Gasteiger partial charge >= 0.3 is 0 Å². The summed E-state index contributed by atoms with van der Waals surface area (Å²) in [6, 6.07) is 11.4. The van der Waals surface area contributed by atoms with Crippen LogP contribution in [0.3, 0.4) is 0 Å². The molecule has 20 heavy (non-hydrogen) atoms. The number of carbonyl (C=O) groups is 1. The minimum absolute atomic E-state index is 0.0709. The van der Waals surface area contributed by atoms with Crippen molar-refractivity contribution in [2.24, 2.45) is 0 Å². The van der Waals surface area contributed by atoms with E-state index in [-0.39, 0.29) is 17.7 Å². The van der Waals surface area contributed by atoms with E-state index in [1.165, 1.54) is 6.92 Å². The number of aromatic hydroxyl groups is 1. The molecule has 1 amide bonds. The summed E-state index contributed by atoms with van der Waals surface area (Å²) in [5, 5.41) is 15.3. The van der Waals surface area contributed by atoms with Crippen LogP contribution in [0.25, 0.3) is 10.8 Å². The zero-order valence-electron chi connectivity index (χ0n) is 12.0. The highest BCUT2D eigenvalue weighted by atomic mass is 16.3. The van der Waals surface area contributed by atoms with Crippen LogP contribution in [0.15, 0.2) is 36.4 Å². The Kier molecular flexibility index (Phi) is 4.61. The molecule has 0 aliphatic rings. The number of hydrogen-bond acceptors (Lipinski definition) is 2. The largest absolute Gasteiger partial charge is 0.508 e. The molecule has 0 aliphatic carbocycles. The number of fused-ring (bicyclic) bond motifs is 1. The maximum absolute atomic E-state index is 11.4. The van der Waals surface area contributed by atoms with Gasteiger partial charge in [-0.25, -0.2) is 0 Å². The molecule has 0 spiro atoms. The quantitative estimate of drug-likeness (QED) is 0.866. The normalized spacial score (nSPS) is 12.3. The zero-order chi connectivity index (χ0) is 14.5. The standard InChI is InChI=1S/C17H21NO2/c1-3-4-9-15(18-12(2)19)17-14-8-6-5-7-13(14)10-11-16(17)20/h5-8,10-11,15,20H,3-4,9H2,1-2H3,(H,18,19). The molecule has 0 aliphatic heterocycles. The van der Waals surface area contributed by atoms with Gasteiger partial charge in [-0.1, -0.05) is 50.1 Å². The summed E-state index contributed by atoms with van der Waals surface area (Å²) >= 11 is 0. The van der Waals surface area contributed by atoms with Gasteiger partial charge in [-0.15, -0.1) is 0 Å². The topological polar surface area (TPSA) is 49.3 Å². The third kappa shape index (κ3) is 3.10. The minimum atomic E-state index is -0.140. The molecule has 2 aromatic rings. The Labute approximate surface area is 119 Å². The number of rotatable bonds is 5. The minimum Gasteiger partial charge on any atom is -0.508 e. The van der Waals surface area contributed by atoms with Crippen molar-refractivity contribution in [1.82, 2.24) is 5.32 Å². The van der Waals surface area contributed by atoms with Crippen molar-refractivity contribution in [1.29, 1.82) is 0 Å². The van der Waals surface area contributed by atoms with Crippen molar-refractivity contribution in [3.05, 3.63) is 42.0 Å². The van der Waals surface area contributed by atoms with Gasteiger partial charge in [-0.05, 0) is 23.3 Å². The molecule has 3 heteroatoms. The highest BCUT2D eigenvalue weighted by molar-refractivity contribution is 5.88. The van der Waals surface area contributed by atoms with Gasteiger partial charge in [0.1, 0.15) is 5.75 Å². The predicted octanol–water partition coefficient (Wildman–Crippen LogP) is 3.91. The van der Waals surface area contributed by atoms with Crippen molar-refractivity contribution >= 4 is 16.7 Å². The second-order valence-corrected chi connectivity index (χ2v) is 5.11. The molecule has 3 nitrogen and oxygen atoms in total. The molecule has 2 N–H and O–H groups in total. The maximum atomic E-state index is 11.4. The molecule has 1 atom stereocenters. The molecule has 0 saturated carbocycles. The van der Waals surface area contributed by atoms with E-state index < -0.39 is 0 Å². The second-order valence-electron chi connectivity index (χ2n) is 5.11. The average molecular weight is 271 g/mol. The Morgan fingerprint density at radius 1 is 1.25 bits per heavy atom. The van der Waals surface area contributed by atoms with Crippen LogP contribution in [-0.4, -0.2) is 11.0 Å². The molecule has 0 fully saturated rings. The van der Waals surface area contributed by atoms with E-state index in [0.717, 1.165) is 35.6 Å². The van der Waals surface area contributed by atoms with E-state index in [9.17, 15) is 9.90 Å². The monoisotopic (exact) mass is 271 g/mol. The summed E-state index contributed by atoms with van der Waals surface area (Å²) in [7, 11) is 0. The average Bonchev–Trinajstić information content (AvgIpc) is 2.43. The number of hydrogen-bond donors (Lipinski definition) is 2. The first-order chi connectivity index (χ1) is 9.63. The van der Waals surface area contributed by atoms with Gasteiger partial charge in [-0.3, -0.25) is 4.79 Å². The number of unbranched alkanes of at least 4 members (excludes halogenated alkanes) is 1. The van der Waals surface area contributed by atoms with Crippen LogP contribution in [-0.2, 0) is 4.79 Å². The summed E-state index contributed by atoms with van der Waals surface area (Å²) in [5.74, 6) is 0.178. The van der Waals surface area contributed by atoms with Crippen molar-refractivity contribution in [2.45, 2.75) is 39.2 Å². The molecule has 0 bridgehead atoms. The van der Waals surface area contributed by atoms with Crippen LogP contribution in [0, 0.1) is 0 Å². The van der Waals surface area contributed by atoms with Crippen molar-refractivity contribution in [3.63, 3.8) is 0 Å². The SMILES string of the molecule is CCCCC(NC(C)=O)c1c(O)ccc2ccccc12. The van der Waals surface area contributed by atoms with Gasteiger partial charge in [0.15, 0.2) is 0 Å². The fourth-order valence-electron chi connectivity index (χ4n) is 2.59. The highest BCUT2D eigenvalue weighted by Crippen LogP contribution is 2.34. The van der Waals surface area contributed by atoms with E-state index in [1.54, 1.807) is 6.07 Å². The molecule has 2 rings (SSSR count). The number of amides is 1. The van der Waals surface area contributed by atoms with E-state index in [2.05, 4.69) is 12.2 Å². The molecule has 2 aromatic carbocycles. The summed E-state index contributed by atoms with van der Waals surface area (Å²) in [6.07, 6.45) is 2.90. The van der Waals surface area contributed by atoms with Crippen molar-refractivity contribution in [2.75, 3.05) is 0 Å². The maximum Gasteiger partial charge on any atom is 0.217 e. The van der Waals surface area contributed by atoms with E-state index in [0.29, 0.717) is 0 Å². The molecule has 1 unspecified atom stereocenters. The first-order valence-electron chi connectivity index (χ1n) is 7.11. The van der Waals surface area contributed by atoms with Crippen LogP contribution < -0.4 is 5.32 Å². The lowest BCUT2D eigenvalue weighted by molar-refractivity contribution is -0.119. The Morgan fingerprint density at radius 3 is 2.70 bits per heavy atom. The fraction of sp³-hybridized carbons (Fsp3) is 0.353. The third-order valence-corrected chi connectivity index (χ3v) is 3.52. The molecule has 0 radical (unpaired) electrons. The number of benzene rings is 2. The molecule has 0 saturated heterocycles. The first-order valence-corrected chi connectivity index (χ1v) is 7.11. The Balaban J connectivity index is 2.50. The Bertz CT molecular complexity index is 607. The summed E-state index contributed by atoms with van der Waals surface area (Å²) in [6.45, 7) is 3.63. The first kappa shape index (κ1) is 14.4. The molecular weight excluding hydrogens is 250 g/mol. The predicted molar refractivity (Wildman–Crippen MR) is 81.7 cm³/mol. The Morgan fingerprint density at radius 2 is 2.00 bits per heavy atom. The summed E-state index contributed by atoms with van der Waals surface area (Å²) in [4.78, 5) is 11.4. The third-order valence-electron chi connectivity index (χ3n) is 3.52. The number of nitrogens with one attached hydrogen (secondary N) is 1.